The minimum absolute atomic E-state index is 0.0331. The highest BCUT2D eigenvalue weighted by molar-refractivity contribution is 6.38. The largest absolute Gasteiger partial charge is 0.445 e. The Kier molecular flexibility index (Phi) is 17.8. The second-order valence-corrected chi connectivity index (χ2v) is 15.7. The molecule has 312 valence electrons. The van der Waals surface area contributed by atoms with Crippen LogP contribution in [0.3, 0.4) is 0 Å². The third-order valence-corrected chi connectivity index (χ3v) is 8.49. The van der Waals surface area contributed by atoms with Gasteiger partial charge in [-0.2, -0.15) is 0 Å². The summed E-state index contributed by atoms with van der Waals surface area (Å²) in [7, 11) is 0. The van der Waals surface area contributed by atoms with Gasteiger partial charge >= 0.3 is 18.3 Å². The van der Waals surface area contributed by atoms with Gasteiger partial charge in [0.25, 0.3) is 5.91 Å². The van der Waals surface area contributed by atoms with Crippen molar-refractivity contribution >= 4 is 41.8 Å². The Morgan fingerprint density at radius 3 is 1.82 bits per heavy atom. The number of unbranched alkanes of at least 4 members (excludes halogenated alkanes) is 1. The Bertz CT molecular complexity index is 1650. The predicted molar refractivity (Wildman–Crippen MR) is 210 cm³/mol. The highest BCUT2D eigenvalue weighted by Crippen LogP contribution is 2.14. The number of nitrogens with one attached hydrogen (secondary N) is 4. The van der Waals surface area contributed by atoms with Crippen LogP contribution in [0.4, 0.5) is 14.4 Å². The number of piperazine rings is 1. The summed E-state index contributed by atoms with van der Waals surface area (Å²) in [6.07, 6.45) is -1.55. The van der Waals surface area contributed by atoms with E-state index < -0.39 is 59.2 Å². The molecule has 0 aromatic heterocycles. The summed E-state index contributed by atoms with van der Waals surface area (Å²) in [5, 5.41) is 10.4. The van der Waals surface area contributed by atoms with Gasteiger partial charge < -0.3 is 45.3 Å². The van der Waals surface area contributed by atoms with Crippen molar-refractivity contribution in [1.29, 1.82) is 0 Å². The Hall–Kier alpha value is -5.67. The van der Waals surface area contributed by atoms with E-state index in [2.05, 4.69) is 21.3 Å². The number of amides is 6. The standard InChI is InChI=1S/C41H58N6O10/c1-40(2,3)56-37(52)42-22-14-13-19-31(34(49)36(51)43-27-29-15-9-7-10-16-29)44-35(50)32(45-38(53)55-28-30-17-11-8-12-18-30)20-21-33(48)46-23-25-47(26-24-46)39(54)57-41(4,5)6/h7-12,15-18,31-32H,13-14,19-28H2,1-6H3,(H,42,52)(H,43,51)(H,44,50)(H,45,53)/t31-,32-/m0/s1. The SMILES string of the molecule is CC(C)(C)OC(=O)NCCCC[C@H](NC(=O)[C@H](CCC(=O)N1CCN(C(=O)OC(C)(C)C)CC1)NC(=O)OCc1ccccc1)C(=O)C(=O)NCc1ccccc1. The summed E-state index contributed by atoms with van der Waals surface area (Å²) in [4.78, 5) is 94.5. The number of ether oxygens (including phenoxy) is 3. The molecule has 0 unspecified atom stereocenters. The van der Waals surface area contributed by atoms with Crippen LogP contribution in [0.1, 0.15) is 84.8 Å². The number of carbonyl (C=O) groups is 7. The van der Waals surface area contributed by atoms with Gasteiger partial charge in [0.15, 0.2) is 0 Å². The van der Waals surface area contributed by atoms with Gasteiger partial charge in [0.05, 0.1) is 6.04 Å². The lowest BCUT2D eigenvalue weighted by Gasteiger charge is -2.35. The molecule has 0 radical (unpaired) electrons. The molecule has 0 spiro atoms. The van der Waals surface area contributed by atoms with Crippen LogP contribution in [-0.4, -0.2) is 108 Å². The highest BCUT2D eigenvalue weighted by Gasteiger charge is 2.32. The van der Waals surface area contributed by atoms with Gasteiger partial charge in [-0.25, -0.2) is 14.4 Å². The summed E-state index contributed by atoms with van der Waals surface area (Å²) >= 11 is 0. The number of Topliss-reactive ketones (excluding diaryl/α,β-unsaturated/α-hetero) is 1. The molecule has 16 heteroatoms. The fourth-order valence-corrected chi connectivity index (χ4v) is 5.61. The molecule has 6 amide bonds. The Morgan fingerprint density at radius 1 is 0.649 bits per heavy atom. The lowest BCUT2D eigenvalue weighted by atomic mass is 10.0. The Balaban J connectivity index is 1.70. The van der Waals surface area contributed by atoms with Crippen molar-refractivity contribution in [3.8, 4) is 0 Å². The van der Waals surface area contributed by atoms with Gasteiger partial charge in [-0.3, -0.25) is 19.2 Å². The molecule has 1 heterocycles. The molecule has 16 nitrogen and oxygen atoms in total. The maximum absolute atomic E-state index is 13.9. The third kappa shape index (κ3) is 17.8. The van der Waals surface area contributed by atoms with Crippen LogP contribution in [0, 0.1) is 0 Å². The van der Waals surface area contributed by atoms with E-state index in [-0.39, 0.29) is 71.0 Å². The van der Waals surface area contributed by atoms with E-state index in [1.165, 1.54) is 4.90 Å². The molecule has 57 heavy (non-hydrogen) atoms. The van der Waals surface area contributed by atoms with E-state index >= 15 is 0 Å². The van der Waals surface area contributed by atoms with Crippen LogP contribution in [-0.2, 0) is 46.5 Å². The van der Waals surface area contributed by atoms with Gasteiger partial charge in [-0.15, -0.1) is 0 Å². The van der Waals surface area contributed by atoms with Crippen LogP contribution >= 0.6 is 0 Å². The molecule has 2 atom stereocenters. The molecular formula is C41H58N6O10. The van der Waals surface area contributed by atoms with Crippen molar-refractivity contribution in [2.24, 2.45) is 0 Å². The first-order valence-corrected chi connectivity index (χ1v) is 19.3. The lowest BCUT2D eigenvalue weighted by molar-refractivity contribution is -0.140. The van der Waals surface area contributed by atoms with Crippen molar-refractivity contribution in [3.05, 3.63) is 71.8 Å². The maximum atomic E-state index is 13.9. The van der Waals surface area contributed by atoms with E-state index in [1.807, 2.05) is 12.1 Å². The van der Waals surface area contributed by atoms with Crippen molar-refractivity contribution < 1.29 is 47.8 Å². The van der Waals surface area contributed by atoms with Crippen LogP contribution in [0.15, 0.2) is 60.7 Å². The van der Waals surface area contributed by atoms with Gasteiger partial charge in [0.1, 0.15) is 23.9 Å². The van der Waals surface area contributed by atoms with Crippen LogP contribution in [0.5, 0.6) is 0 Å². The van der Waals surface area contributed by atoms with Crippen molar-refractivity contribution in [1.82, 2.24) is 31.1 Å². The van der Waals surface area contributed by atoms with E-state index in [0.717, 1.165) is 5.56 Å². The first kappa shape index (κ1) is 45.7. The fraction of sp³-hybridized carbons (Fsp3) is 0.537. The number of nitrogens with zero attached hydrogens (tertiary/aromatic N) is 2. The van der Waals surface area contributed by atoms with E-state index in [0.29, 0.717) is 18.4 Å². The van der Waals surface area contributed by atoms with Crippen LogP contribution in [0.25, 0.3) is 0 Å². The van der Waals surface area contributed by atoms with Crippen LogP contribution < -0.4 is 21.3 Å². The van der Waals surface area contributed by atoms with Gasteiger partial charge in [0, 0.05) is 45.7 Å². The number of benzene rings is 2. The molecule has 1 aliphatic heterocycles. The number of hydrogen-bond acceptors (Lipinski definition) is 10. The lowest BCUT2D eigenvalue weighted by Crippen LogP contribution is -2.54. The molecule has 3 rings (SSSR count). The van der Waals surface area contributed by atoms with E-state index in [9.17, 15) is 33.6 Å². The number of carbonyl (C=O) groups excluding carboxylic acids is 7. The summed E-state index contributed by atoms with van der Waals surface area (Å²) in [5.74, 6) is -2.91. The average Bonchev–Trinajstić information content (AvgIpc) is 3.16. The van der Waals surface area contributed by atoms with Crippen molar-refractivity contribution in [3.63, 3.8) is 0 Å². The van der Waals surface area contributed by atoms with Crippen LogP contribution in [0.2, 0.25) is 0 Å². The Morgan fingerprint density at radius 2 is 1.23 bits per heavy atom. The van der Waals surface area contributed by atoms with Gasteiger partial charge in [0.2, 0.25) is 17.6 Å². The molecule has 2 aromatic rings. The fourth-order valence-electron chi connectivity index (χ4n) is 5.61. The average molecular weight is 795 g/mol. The molecule has 1 aliphatic rings. The summed E-state index contributed by atoms with van der Waals surface area (Å²) in [6.45, 7) is 11.8. The normalized spacial score (nSPS) is 14.0. The topological polar surface area (TPSA) is 202 Å². The monoisotopic (exact) mass is 794 g/mol. The highest BCUT2D eigenvalue weighted by atomic mass is 16.6. The second kappa shape index (κ2) is 22.2. The molecule has 2 aromatic carbocycles. The minimum Gasteiger partial charge on any atom is -0.445 e. The summed E-state index contributed by atoms with van der Waals surface area (Å²) in [5.41, 5.74) is 0.131. The number of ketones is 1. The number of alkyl carbamates (subject to hydrolysis) is 2. The number of hydrogen-bond donors (Lipinski definition) is 4. The first-order valence-electron chi connectivity index (χ1n) is 19.3. The Labute approximate surface area is 334 Å². The molecule has 0 aliphatic carbocycles. The molecule has 0 saturated carbocycles. The molecule has 1 fully saturated rings. The molecular weight excluding hydrogens is 736 g/mol. The molecule has 4 N–H and O–H groups in total. The molecule has 1 saturated heterocycles. The van der Waals surface area contributed by atoms with Crippen molar-refractivity contribution in [2.75, 3.05) is 32.7 Å². The van der Waals surface area contributed by atoms with Gasteiger partial charge in [-0.05, 0) is 78.4 Å². The zero-order valence-electron chi connectivity index (χ0n) is 33.9. The zero-order chi connectivity index (χ0) is 42.0. The van der Waals surface area contributed by atoms with E-state index in [4.69, 9.17) is 14.2 Å². The quantitative estimate of drug-likeness (QED) is 0.102. The third-order valence-electron chi connectivity index (χ3n) is 8.49. The zero-order valence-corrected chi connectivity index (χ0v) is 33.9. The van der Waals surface area contributed by atoms with Crippen molar-refractivity contribution in [2.45, 2.75) is 110 Å². The van der Waals surface area contributed by atoms with Gasteiger partial charge in [-0.1, -0.05) is 60.7 Å². The van der Waals surface area contributed by atoms with E-state index in [1.54, 1.807) is 95.0 Å². The smallest absolute Gasteiger partial charge is 0.410 e. The minimum atomic E-state index is -1.32. The number of rotatable bonds is 17. The first-order chi connectivity index (χ1) is 26.9. The summed E-state index contributed by atoms with van der Waals surface area (Å²) < 4.78 is 16.0. The summed E-state index contributed by atoms with van der Waals surface area (Å²) in [6, 6.07) is 15.3. The predicted octanol–water partition coefficient (Wildman–Crippen LogP) is 4.21. The second-order valence-electron chi connectivity index (χ2n) is 15.7. The molecule has 0 bridgehead atoms. The maximum Gasteiger partial charge on any atom is 0.410 e.